The summed E-state index contributed by atoms with van der Waals surface area (Å²) in [6.45, 7) is 0.395. The monoisotopic (exact) mass is 263 g/mol. The largest absolute Gasteiger partial charge is 0.347 e. The summed E-state index contributed by atoms with van der Waals surface area (Å²) in [6, 6.07) is 15.0. The summed E-state index contributed by atoms with van der Waals surface area (Å²) in [4.78, 5) is 15.9. The molecule has 0 aliphatic carbocycles. The molecule has 2 aromatic rings. The molecular weight excluding hydrogens is 250 g/mol. The van der Waals surface area contributed by atoms with Crippen LogP contribution in [0.15, 0.2) is 60.4 Å². The van der Waals surface area contributed by atoms with Gasteiger partial charge in [-0.25, -0.2) is 0 Å². The molecule has 98 valence electrons. The van der Waals surface area contributed by atoms with Crippen LogP contribution in [0.2, 0.25) is 0 Å². The predicted octanol–water partition coefficient (Wildman–Crippen LogP) is 2.30. The second kappa shape index (κ2) is 6.86. The number of rotatable bonds is 4. The van der Waals surface area contributed by atoms with Gasteiger partial charge in [0.1, 0.15) is 11.6 Å². The summed E-state index contributed by atoms with van der Waals surface area (Å²) in [6.07, 6.45) is 4.76. The molecule has 1 aromatic carbocycles. The van der Waals surface area contributed by atoms with E-state index in [-0.39, 0.29) is 11.5 Å². The van der Waals surface area contributed by atoms with Gasteiger partial charge in [-0.15, -0.1) is 0 Å². The zero-order valence-corrected chi connectivity index (χ0v) is 10.8. The highest BCUT2D eigenvalue weighted by atomic mass is 16.1. The van der Waals surface area contributed by atoms with Crippen LogP contribution in [0.25, 0.3) is 6.08 Å². The minimum atomic E-state index is -0.389. The molecule has 0 bridgehead atoms. The van der Waals surface area contributed by atoms with E-state index in [9.17, 15) is 4.79 Å². The summed E-state index contributed by atoms with van der Waals surface area (Å²) in [7, 11) is 0. The van der Waals surface area contributed by atoms with Crippen LogP contribution in [0.1, 0.15) is 11.1 Å². The maximum atomic E-state index is 11.9. The molecule has 0 aliphatic heterocycles. The van der Waals surface area contributed by atoms with E-state index in [1.54, 1.807) is 24.5 Å². The van der Waals surface area contributed by atoms with Gasteiger partial charge in [0.25, 0.3) is 5.91 Å². The average Bonchev–Trinajstić information content (AvgIpc) is 2.52. The van der Waals surface area contributed by atoms with Crippen molar-refractivity contribution in [2.24, 2.45) is 0 Å². The van der Waals surface area contributed by atoms with E-state index in [0.29, 0.717) is 6.54 Å². The molecule has 0 saturated heterocycles. The molecule has 2 rings (SSSR count). The minimum Gasteiger partial charge on any atom is -0.347 e. The standard InChI is InChI=1S/C16H13N3O/c17-10-15(9-14-7-4-8-18-11-14)16(20)19-12-13-5-2-1-3-6-13/h1-9,11H,12H2,(H,19,20)/b15-9-. The van der Waals surface area contributed by atoms with Gasteiger partial charge in [-0.1, -0.05) is 36.4 Å². The number of nitrogens with one attached hydrogen (secondary N) is 1. The zero-order chi connectivity index (χ0) is 14.2. The fourth-order valence-electron chi connectivity index (χ4n) is 1.65. The van der Waals surface area contributed by atoms with Crippen molar-refractivity contribution in [3.63, 3.8) is 0 Å². The van der Waals surface area contributed by atoms with E-state index in [0.717, 1.165) is 11.1 Å². The van der Waals surface area contributed by atoms with E-state index in [4.69, 9.17) is 5.26 Å². The lowest BCUT2D eigenvalue weighted by Crippen LogP contribution is -2.23. The Morgan fingerprint density at radius 3 is 2.70 bits per heavy atom. The first-order valence-electron chi connectivity index (χ1n) is 6.13. The Morgan fingerprint density at radius 2 is 2.05 bits per heavy atom. The number of amides is 1. The third kappa shape index (κ3) is 3.79. The van der Waals surface area contributed by atoms with E-state index in [1.165, 1.54) is 6.08 Å². The highest BCUT2D eigenvalue weighted by molar-refractivity contribution is 6.01. The van der Waals surface area contributed by atoms with E-state index >= 15 is 0 Å². The molecule has 1 N–H and O–H groups in total. The molecule has 0 spiro atoms. The van der Waals surface area contributed by atoms with Gasteiger partial charge in [0.15, 0.2) is 0 Å². The summed E-state index contributed by atoms with van der Waals surface area (Å²) in [5.74, 6) is -0.389. The van der Waals surface area contributed by atoms with Crippen LogP contribution in [-0.2, 0) is 11.3 Å². The second-order valence-corrected chi connectivity index (χ2v) is 4.12. The average molecular weight is 263 g/mol. The molecule has 1 amide bonds. The molecular formula is C16H13N3O. The minimum absolute atomic E-state index is 0.0638. The van der Waals surface area contributed by atoms with Gasteiger partial charge in [0.05, 0.1) is 0 Å². The summed E-state index contributed by atoms with van der Waals surface area (Å²) in [5, 5.41) is 11.8. The van der Waals surface area contributed by atoms with Crippen LogP contribution in [-0.4, -0.2) is 10.9 Å². The van der Waals surface area contributed by atoms with Crippen molar-refractivity contribution in [3.8, 4) is 6.07 Å². The fraction of sp³-hybridized carbons (Fsp3) is 0.0625. The smallest absolute Gasteiger partial charge is 0.262 e. The van der Waals surface area contributed by atoms with E-state index < -0.39 is 0 Å². The highest BCUT2D eigenvalue weighted by Crippen LogP contribution is 2.05. The molecule has 0 saturated carbocycles. The van der Waals surface area contributed by atoms with Crippen molar-refractivity contribution in [1.82, 2.24) is 10.3 Å². The number of benzene rings is 1. The Morgan fingerprint density at radius 1 is 1.25 bits per heavy atom. The molecule has 20 heavy (non-hydrogen) atoms. The molecule has 1 aromatic heterocycles. The number of carbonyl (C=O) groups excluding carboxylic acids is 1. The van der Waals surface area contributed by atoms with Gasteiger partial charge in [0, 0.05) is 18.9 Å². The third-order valence-electron chi connectivity index (χ3n) is 2.66. The first-order chi connectivity index (χ1) is 9.79. The van der Waals surface area contributed by atoms with Crippen molar-refractivity contribution < 1.29 is 4.79 Å². The topological polar surface area (TPSA) is 65.8 Å². The quantitative estimate of drug-likeness (QED) is 0.680. The number of hydrogen-bond acceptors (Lipinski definition) is 3. The third-order valence-corrected chi connectivity index (χ3v) is 2.66. The number of pyridine rings is 1. The Bertz CT molecular complexity index is 642. The summed E-state index contributed by atoms with van der Waals surface area (Å²) < 4.78 is 0. The lowest BCUT2D eigenvalue weighted by Gasteiger charge is -2.04. The van der Waals surface area contributed by atoms with Crippen molar-refractivity contribution in [2.75, 3.05) is 0 Å². The van der Waals surface area contributed by atoms with Gasteiger partial charge in [-0.05, 0) is 23.3 Å². The number of nitrogens with zero attached hydrogens (tertiary/aromatic N) is 2. The van der Waals surface area contributed by atoms with Crippen molar-refractivity contribution in [1.29, 1.82) is 5.26 Å². The molecule has 0 atom stereocenters. The van der Waals surface area contributed by atoms with Gasteiger partial charge in [0.2, 0.25) is 0 Å². The highest BCUT2D eigenvalue weighted by Gasteiger charge is 2.08. The van der Waals surface area contributed by atoms with E-state index in [2.05, 4.69) is 10.3 Å². The van der Waals surface area contributed by atoms with Crippen LogP contribution in [0.3, 0.4) is 0 Å². The zero-order valence-electron chi connectivity index (χ0n) is 10.8. The lowest BCUT2D eigenvalue weighted by atomic mass is 10.1. The maximum absolute atomic E-state index is 11.9. The van der Waals surface area contributed by atoms with Crippen LogP contribution in [0.5, 0.6) is 0 Å². The van der Waals surface area contributed by atoms with Gasteiger partial charge < -0.3 is 5.32 Å². The summed E-state index contributed by atoms with van der Waals surface area (Å²) >= 11 is 0. The van der Waals surface area contributed by atoms with Gasteiger partial charge in [-0.2, -0.15) is 5.26 Å². The Balaban J connectivity index is 2.03. The van der Waals surface area contributed by atoms with E-state index in [1.807, 2.05) is 36.4 Å². The molecule has 4 nitrogen and oxygen atoms in total. The summed E-state index contributed by atoms with van der Waals surface area (Å²) in [5.41, 5.74) is 1.77. The number of carbonyl (C=O) groups is 1. The number of nitriles is 1. The molecule has 4 heteroatoms. The second-order valence-electron chi connectivity index (χ2n) is 4.12. The number of aromatic nitrogens is 1. The van der Waals surface area contributed by atoms with Gasteiger partial charge >= 0.3 is 0 Å². The van der Waals surface area contributed by atoms with Crippen molar-refractivity contribution in [3.05, 3.63) is 71.6 Å². The van der Waals surface area contributed by atoms with Crippen molar-refractivity contribution in [2.45, 2.75) is 6.54 Å². The van der Waals surface area contributed by atoms with Gasteiger partial charge in [-0.3, -0.25) is 9.78 Å². The molecule has 0 aliphatic rings. The van der Waals surface area contributed by atoms with Crippen LogP contribution >= 0.6 is 0 Å². The molecule has 1 heterocycles. The first-order valence-corrected chi connectivity index (χ1v) is 6.13. The van der Waals surface area contributed by atoms with Crippen LogP contribution in [0.4, 0.5) is 0 Å². The predicted molar refractivity (Wildman–Crippen MR) is 76.1 cm³/mol. The Labute approximate surface area is 117 Å². The normalized spacial score (nSPS) is 10.7. The molecule has 0 fully saturated rings. The first kappa shape index (κ1) is 13.5. The lowest BCUT2D eigenvalue weighted by molar-refractivity contribution is -0.117. The Hall–Kier alpha value is -2.93. The van der Waals surface area contributed by atoms with Crippen molar-refractivity contribution >= 4 is 12.0 Å². The van der Waals surface area contributed by atoms with Crippen LogP contribution in [0, 0.1) is 11.3 Å². The SMILES string of the molecule is N#C/C(=C/c1cccnc1)C(=O)NCc1ccccc1. The Kier molecular flexibility index (Phi) is 4.63. The number of hydrogen-bond donors (Lipinski definition) is 1. The fourth-order valence-corrected chi connectivity index (χ4v) is 1.65. The molecule has 0 radical (unpaired) electrons. The van der Waals surface area contributed by atoms with Crippen LogP contribution < -0.4 is 5.32 Å². The molecule has 0 unspecified atom stereocenters. The maximum Gasteiger partial charge on any atom is 0.262 e.